The molecule has 0 spiro atoms. The Labute approximate surface area is 163 Å². The van der Waals surface area contributed by atoms with Crippen molar-refractivity contribution in [1.82, 2.24) is 4.98 Å². The predicted octanol–water partition coefficient (Wildman–Crippen LogP) is 4.10. The number of methoxy groups -OCH3 is 3. The summed E-state index contributed by atoms with van der Waals surface area (Å²) in [7, 11) is 4.76. The molecule has 0 radical (unpaired) electrons. The van der Waals surface area contributed by atoms with E-state index < -0.39 is 0 Å². The second kappa shape index (κ2) is 8.77. The molecule has 3 aromatic rings. The van der Waals surface area contributed by atoms with Crippen LogP contribution in [0.25, 0.3) is 0 Å². The van der Waals surface area contributed by atoms with E-state index in [4.69, 9.17) is 14.2 Å². The summed E-state index contributed by atoms with van der Waals surface area (Å²) < 4.78 is 15.7. The van der Waals surface area contributed by atoms with Gasteiger partial charge in [-0.05, 0) is 42.5 Å². The van der Waals surface area contributed by atoms with Crippen LogP contribution in [-0.4, -0.2) is 32.2 Å². The van der Waals surface area contributed by atoms with Gasteiger partial charge in [-0.25, -0.2) is 4.98 Å². The number of hydrogen-bond acceptors (Lipinski definition) is 6. The molecule has 0 saturated carbocycles. The largest absolute Gasteiger partial charge is 0.497 e. The number of rotatable bonds is 7. The Hall–Kier alpha value is -3.74. The second-order valence-electron chi connectivity index (χ2n) is 5.81. The van der Waals surface area contributed by atoms with E-state index in [0.717, 1.165) is 11.4 Å². The van der Waals surface area contributed by atoms with Crippen LogP contribution in [0.5, 0.6) is 17.2 Å². The molecule has 2 N–H and O–H groups in total. The third-order valence-electron chi connectivity index (χ3n) is 4.02. The van der Waals surface area contributed by atoms with Gasteiger partial charge in [-0.3, -0.25) is 4.79 Å². The molecule has 7 heteroatoms. The molecule has 144 valence electrons. The first kappa shape index (κ1) is 19.0. The highest BCUT2D eigenvalue weighted by Gasteiger charge is 2.09. The van der Waals surface area contributed by atoms with Gasteiger partial charge >= 0.3 is 0 Å². The number of anilines is 3. The summed E-state index contributed by atoms with van der Waals surface area (Å²) >= 11 is 0. The van der Waals surface area contributed by atoms with Crippen LogP contribution in [0.1, 0.15) is 10.4 Å². The van der Waals surface area contributed by atoms with Crippen molar-refractivity contribution in [3.8, 4) is 17.2 Å². The van der Waals surface area contributed by atoms with E-state index in [-0.39, 0.29) is 5.91 Å². The van der Waals surface area contributed by atoms with Gasteiger partial charge in [0.2, 0.25) is 0 Å². The maximum atomic E-state index is 12.4. The molecule has 0 aliphatic carbocycles. The lowest BCUT2D eigenvalue weighted by Gasteiger charge is -2.13. The molecule has 1 aromatic heterocycles. The Morgan fingerprint density at radius 3 is 2.36 bits per heavy atom. The number of pyridine rings is 1. The van der Waals surface area contributed by atoms with Gasteiger partial charge in [0.25, 0.3) is 5.91 Å². The first-order valence-electron chi connectivity index (χ1n) is 8.53. The zero-order chi connectivity index (χ0) is 19.9. The third-order valence-corrected chi connectivity index (χ3v) is 4.02. The Balaban J connectivity index is 1.71. The normalized spacial score (nSPS) is 10.1. The highest BCUT2D eigenvalue weighted by atomic mass is 16.5. The average Bonchev–Trinajstić information content (AvgIpc) is 2.75. The molecule has 3 rings (SSSR count). The highest BCUT2D eigenvalue weighted by molar-refractivity contribution is 6.04. The minimum Gasteiger partial charge on any atom is -0.497 e. The van der Waals surface area contributed by atoms with E-state index in [1.54, 1.807) is 57.9 Å². The zero-order valence-electron chi connectivity index (χ0n) is 15.9. The number of carbonyl (C=O) groups excluding carboxylic acids is 1. The highest BCUT2D eigenvalue weighted by Crippen LogP contribution is 2.31. The Kier molecular flexibility index (Phi) is 5.96. The quantitative estimate of drug-likeness (QED) is 0.643. The summed E-state index contributed by atoms with van der Waals surface area (Å²) in [5, 5.41) is 5.99. The number of benzene rings is 2. The molecule has 2 aromatic carbocycles. The number of carbonyl (C=O) groups is 1. The summed E-state index contributed by atoms with van der Waals surface area (Å²) in [6, 6.07) is 15.9. The minimum absolute atomic E-state index is 0.262. The molecule has 28 heavy (non-hydrogen) atoms. The third kappa shape index (κ3) is 4.50. The average molecular weight is 379 g/mol. The van der Waals surface area contributed by atoms with Gasteiger partial charge in [-0.2, -0.15) is 0 Å². The summed E-state index contributed by atoms with van der Waals surface area (Å²) in [5.74, 6) is 2.18. The molecule has 0 atom stereocenters. The molecule has 0 aliphatic rings. The lowest BCUT2D eigenvalue weighted by Crippen LogP contribution is -2.13. The summed E-state index contributed by atoms with van der Waals surface area (Å²) in [6.07, 6.45) is 1.63. The zero-order valence-corrected chi connectivity index (χ0v) is 15.9. The van der Waals surface area contributed by atoms with E-state index in [0.29, 0.717) is 28.6 Å². The topological polar surface area (TPSA) is 81.7 Å². The predicted molar refractivity (Wildman–Crippen MR) is 108 cm³/mol. The smallest absolute Gasteiger partial charge is 0.256 e. The Morgan fingerprint density at radius 1 is 0.893 bits per heavy atom. The van der Waals surface area contributed by atoms with Crippen molar-refractivity contribution in [3.63, 3.8) is 0 Å². The van der Waals surface area contributed by atoms with Crippen LogP contribution >= 0.6 is 0 Å². The fourth-order valence-electron chi connectivity index (χ4n) is 2.56. The molecule has 0 aliphatic heterocycles. The van der Waals surface area contributed by atoms with Gasteiger partial charge in [0, 0.05) is 11.6 Å². The molecule has 0 fully saturated rings. The van der Waals surface area contributed by atoms with Crippen molar-refractivity contribution in [2.45, 2.75) is 0 Å². The van der Waals surface area contributed by atoms with E-state index in [1.807, 2.05) is 24.3 Å². The van der Waals surface area contributed by atoms with Gasteiger partial charge in [0.15, 0.2) is 0 Å². The Bertz CT molecular complexity index is 958. The number of nitrogens with one attached hydrogen (secondary N) is 2. The standard InChI is InChI=1S/C21H21N3O4/c1-26-16-6-4-5-14(11-16)21(25)24-20-10-7-15(13-22-20)23-18-12-17(27-2)8-9-19(18)28-3/h4-13,23H,1-3H3,(H,22,24,25). The number of ether oxygens (including phenoxy) is 3. The van der Waals surface area contributed by atoms with Crippen LogP contribution in [0.4, 0.5) is 17.2 Å². The van der Waals surface area contributed by atoms with Gasteiger partial charge < -0.3 is 24.8 Å². The molecule has 1 heterocycles. The van der Waals surface area contributed by atoms with Gasteiger partial charge in [-0.1, -0.05) is 6.07 Å². The minimum atomic E-state index is -0.262. The maximum absolute atomic E-state index is 12.4. The van der Waals surface area contributed by atoms with Gasteiger partial charge in [0.05, 0.1) is 38.9 Å². The fraction of sp³-hybridized carbons (Fsp3) is 0.143. The summed E-state index contributed by atoms with van der Waals surface area (Å²) in [4.78, 5) is 16.6. The van der Waals surface area contributed by atoms with E-state index in [2.05, 4.69) is 15.6 Å². The van der Waals surface area contributed by atoms with Crippen LogP contribution in [-0.2, 0) is 0 Å². The van der Waals surface area contributed by atoms with Crippen LogP contribution in [0, 0.1) is 0 Å². The van der Waals surface area contributed by atoms with E-state index in [1.165, 1.54) is 0 Å². The number of hydrogen-bond donors (Lipinski definition) is 2. The molecule has 0 unspecified atom stereocenters. The number of aromatic nitrogens is 1. The molecule has 7 nitrogen and oxygen atoms in total. The first-order chi connectivity index (χ1) is 13.6. The number of nitrogens with zero attached hydrogens (tertiary/aromatic N) is 1. The lowest BCUT2D eigenvalue weighted by molar-refractivity contribution is 0.102. The van der Waals surface area contributed by atoms with E-state index in [9.17, 15) is 4.79 Å². The monoisotopic (exact) mass is 379 g/mol. The molecule has 0 saturated heterocycles. The number of amides is 1. The van der Waals surface area contributed by atoms with Crippen molar-refractivity contribution in [3.05, 3.63) is 66.4 Å². The molecular formula is C21H21N3O4. The van der Waals surface area contributed by atoms with E-state index >= 15 is 0 Å². The fourth-order valence-corrected chi connectivity index (χ4v) is 2.56. The van der Waals surface area contributed by atoms with Crippen molar-refractivity contribution in [2.24, 2.45) is 0 Å². The second-order valence-corrected chi connectivity index (χ2v) is 5.81. The van der Waals surface area contributed by atoms with Crippen molar-refractivity contribution < 1.29 is 19.0 Å². The Morgan fingerprint density at radius 2 is 1.68 bits per heavy atom. The van der Waals surface area contributed by atoms with Crippen LogP contribution in [0.2, 0.25) is 0 Å². The van der Waals surface area contributed by atoms with Crippen LogP contribution < -0.4 is 24.8 Å². The van der Waals surface area contributed by atoms with Crippen LogP contribution in [0.15, 0.2) is 60.8 Å². The summed E-state index contributed by atoms with van der Waals surface area (Å²) in [6.45, 7) is 0. The molecular weight excluding hydrogens is 358 g/mol. The van der Waals surface area contributed by atoms with Crippen LogP contribution in [0.3, 0.4) is 0 Å². The first-order valence-corrected chi connectivity index (χ1v) is 8.53. The summed E-state index contributed by atoms with van der Waals surface area (Å²) in [5.41, 5.74) is 1.98. The molecule has 1 amide bonds. The van der Waals surface area contributed by atoms with Crippen molar-refractivity contribution >= 4 is 23.1 Å². The van der Waals surface area contributed by atoms with Gasteiger partial charge in [0.1, 0.15) is 23.1 Å². The van der Waals surface area contributed by atoms with Crippen molar-refractivity contribution in [2.75, 3.05) is 32.0 Å². The van der Waals surface area contributed by atoms with Crippen molar-refractivity contribution in [1.29, 1.82) is 0 Å². The lowest BCUT2D eigenvalue weighted by atomic mass is 10.2. The molecule has 0 bridgehead atoms. The maximum Gasteiger partial charge on any atom is 0.256 e. The van der Waals surface area contributed by atoms with Gasteiger partial charge in [-0.15, -0.1) is 0 Å². The SMILES string of the molecule is COc1cccc(C(=O)Nc2ccc(Nc3cc(OC)ccc3OC)cn2)c1.